The highest BCUT2D eigenvalue weighted by molar-refractivity contribution is 5.45. The first-order valence-electron chi connectivity index (χ1n) is 5.88. The van der Waals surface area contributed by atoms with Crippen molar-refractivity contribution in [2.24, 2.45) is 0 Å². The molecule has 0 radical (unpaired) electrons. The molecule has 1 nitrogen and oxygen atoms in total. The maximum absolute atomic E-state index is 10.1. The lowest BCUT2D eigenvalue weighted by Crippen LogP contribution is -1.95. The van der Waals surface area contributed by atoms with Crippen LogP contribution in [0.25, 0.3) is 0 Å². The molecule has 0 atom stereocenters. The Bertz CT molecular complexity index is 326. The first-order chi connectivity index (χ1) is 7.06. The summed E-state index contributed by atoms with van der Waals surface area (Å²) in [5, 5.41) is 10.1. The topological polar surface area (TPSA) is 20.2 Å². The van der Waals surface area contributed by atoms with Gasteiger partial charge in [-0.2, -0.15) is 0 Å². The standard InChI is InChI=1S/C14H22O/c1-5-6-7-12-8-11(4)9-13(10(2)3)14(12)15/h8-10,15H,5-7H2,1-4H3. The minimum absolute atomic E-state index is 0.394. The molecule has 84 valence electrons. The zero-order chi connectivity index (χ0) is 11.4. The molecule has 0 bridgehead atoms. The summed E-state index contributed by atoms with van der Waals surface area (Å²) in [6, 6.07) is 4.20. The van der Waals surface area contributed by atoms with Crippen molar-refractivity contribution in [3.05, 3.63) is 28.8 Å². The highest BCUT2D eigenvalue weighted by atomic mass is 16.3. The van der Waals surface area contributed by atoms with Crippen LogP contribution in [0.2, 0.25) is 0 Å². The van der Waals surface area contributed by atoms with Gasteiger partial charge in [0, 0.05) is 0 Å². The zero-order valence-electron chi connectivity index (χ0n) is 10.3. The van der Waals surface area contributed by atoms with Crippen molar-refractivity contribution in [3.63, 3.8) is 0 Å². The second-order valence-electron chi connectivity index (χ2n) is 4.62. The second-order valence-corrected chi connectivity index (χ2v) is 4.62. The third-order valence-electron chi connectivity index (χ3n) is 2.78. The highest BCUT2D eigenvalue weighted by Gasteiger charge is 2.10. The zero-order valence-corrected chi connectivity index (χ0v) is 10.3. The lowest BCUT2D eigenvalue weighted by molar-refractivity contribution is 0.456. The Morgan fingerprint density at radius 2 is 1.93 bits per heavy atom. The van der Waals surface area contributed by atoms with Gasteiger partial charge in [0.1, 0.15) is 5.75 Å². The van der Waals surface area contributed by atoms with Crippen molar-refractivity contribution in [2.75, 3.05) is 0 Å². The third-order valence-corrected chi connectivity index (χ3v) is 2.78. The Morgan fingerprint density at radius 1 is 1.27 bits per heavy atom. The summed E-state index contributed by atoms with van der Waals surface area (Å²) < 4.78 is 0. The fourth-order valence-electron chi connectivity index (χ4n) is 1.88. The quantitative estimate of drug-likeness (QED) is 0.784. The summed E-state index contributed by atoms with van der Waals surface area (Å²) in [7, 11) is 0. The van der Waals surface area contributed by atoms with Crippen molar-refractivity contribution >= 4 is 0 Å². The van der Waals surface area contributed by atoms with E-state index in [1.54, 1.807) is 0 Å². The van der Waals surface area contributed by atoms with Gasteiger partial charge in [0.15, 0.2) is 0 Å². The van der Waals surface area contributed by atoms with Gasteiger partial charge < -0.3 is 5.11 Å². The van der Waals surface area contributed by atoms with Crippen LogP contribution in [0.5, 0.6) is 5.75 Å². The summed E-state index contributed by atoms with van der Waals surface area (Å²) in [6.45, 7) is 8.52. The van der Waals surface area contributed by atoms with Gasteiger partial charge in [-0.15, -0.1) is 0 Å². The fourth-order valence-corrected chi connectivity index (χ4v) is 1.88. The Labute approximate surface area is 93.1 Å². The average molecular weight is 206 g/mol. The van der Waals surface area contributed by atoms with E-state index in [4.69, 9.17) is 0 Å². The van der Waals surface area contributed by atoms with E-state index < -0.39 is 0 Å². The number of phenolic OH excluding ortho intramolecular Hbond substituents is 1. The SMILES string of the molecule is CCCCc1cc(C)cc(C(C)C)c1O. The van der Waals surface area contributed by atoms with E-state index in [-0.39, 0.29) is 0 Å². The summed E-state index contributed by atoms with van der Waals surface area (Å²) in [6.07, 6.45) is 3.31. The smallest absolute Gasteiger partial charge is 0.122 e. The summed E-state index contributed by atoms with van der Waals surface area (Å²) >= 11 is 0. The lowest BCUT2D eigenvalue weighted by Gasteiger charge is -2.13. The van der Waals surface area contributed by atoms with Gasteiger partial charge in [-0.25, -0.2) is 0 Å². The molecule has 1 aromatic rings. The monoisotopic (exact) mass is 206 g/mol. The molecule has 1 heteroatoms. The van der Waals surface area contributed by atoms with Crippen LogP contribution >= 0.6 is 0 Å². The van der Waals surface area contributed by atoms with Gasteiger partial charge >= 0.3 is 0 Å². The van der Waals surface area contributed by atoms with Crippen molar-refractivity contribution < 1.29 is 5.11 Å². The number of rotatable bonds is 4. The van der Waals surface area contributed by atoms with Crippen molar-refractivity contribution in [1.29, 1.82) is 0 Å². The van der Waals surface area contributed by atoms with E-state index in [1.807, 2.05) is 0 Å². The van der Waals surface area contributed by atoms with Crippen molar-refractivity contribution in [1.82, 2.24) is 0 Å². The van der Waals surface area contributed by atoms with E-state index in [0.29, 0.717) is 11.7 Å². The second kappa shape index (κ2) is 5.20. The molecule has 1 aromatic carbocycles. The van der Waals surface area contributed by atoms with E-state index >= 15 is 0 Å². The third kappa shape index (κ3) is 2.98. The number of aromatic hydroxyl groups is 1. The molecule has 0 aliphatic carbocycles. The summed E-state index contributed by atoms with van der Waals surface area (Å²) in [5.41, 5.74) is 3.45. The van der Waals surface area contributed by atoms with Crippen LogP contribution in [0.3, 0.4) is 0 Å². The van der Waals surface area contributed by atoms with E-state index in [9.17, 15) is 5.11 Å². The predicted octanol–water partition coefficient (Wildman–Crippen LogP) is 4.17. The molecule has 0 aromatic heterocycles. The fraction of sp³-hybridized carbons (Fsp3) is 0.571. The van der Waals surface area contributed by atoms with Crippen molar-refractivity contribution in [2.45, 2.75) is 52.9 Å². The molecule has 0 spiro atoms. The number of hydrogen-bond donors (Lipinski definition) is 1. The van der Waals surface area contributed by atoms with Crippen LogP contribution in [0, 0.1) is 6.92 Å². The molecule has 0 heterocycles. The van der Waals surface area contributed by atoms with Crippen LogP contribution < -0.4 is 0 Å². The van der Waals surface area contributed by atoms with Crippen LogP contribution in [-0.4, -0.2) is 5.11 Å². The molecule has 1 rings (SSSR count). The van der Waals surface area contributed by atoms with E-state index in [0.717, 1.165) is 24.0 Å². The number of hydrogen-bond acceptors (Lipinski definition) is 1. The van der Waals surface area contributed by atoms with Crippen LogP contribution in [0.4, 0.5) is 0 Å². The van der Waals surface area contributed by atoms with Crippen LogP contribution in [0.15, 0.2) is 12.1 Å². The predicted molar refractivity (Wildman–Crippen MR) is 65.5 cm³/mol. The Kier molecular flexibility index (Phi) is 4.19. The molecule has 0 aliphatic heterocycles. The van der Waals surface area contributed by atoms with E-state index in [2.05, 4.69) is 39.8 Å². The van der Waals surface area contributed by atoms with Gasteiger partial charge in [-0.05, 0) is 36.8 Å². The lowest BCUT2D eigenvalue weighted by atomic mass is 9.94. The Morgan fingerprint density at radius 3 is 2.47 bits per heavy atom. The molecule has 0 amide bonds. The van der Waals surface area contributed by atoms with Gasteiger partial charge in [-0.3, -0.25) is 0 Å². The van der Waals surface area contributed by atoms with E-state index in [1.165, 1.54) is 12.0 Å². The maximum atomic E-state index is 10.1. The summed E-state index contributed by atoms with van der Waals surface area (Å²) in [5.74, 6) is 0.911. The van der Waals surface area contributed by atoms with Gasteiger partial charge in [0.2, 0.25) is 0 Å². The highest BCUT2D eigenvalue weighted by Crippen LogP contribution is 2.31. The Balaban J connectivity index is 3.05. The number of unbranched alkanes of at least 4 members (excludes halogenated alkanes) is 1. The average Bonchev–Trinajstić information content (AvgIpc) is 2.18. The summed E-state index contributed by atoms with van der Waals surface area (Å²) in [4.78, 5) is 0. The molecule has 0 saturated carbocycles. The number of phenols is 1. The van der Waals surface area contributed by atoms with Gasteiger partial charge in [-0.1, -0.05) is 44.9 Å². The van der Waals surface area contributed by atoms with Crippen LogP contribution in [-0.2, 0) is 6.42 Å². The maximum Gasteiger partial charge on any atom is 0.122 e. The van der Waals surface area contributed by atoms with Crippen molar-refractivity contribution in [3.8, 4) is 5.75 Å². The molecule has 0 aliphatic rings. The molecule has 0 fully saturated rings. The molecule has 0 saturated heterocycles. The normalized spacial score (nSPS) is 11.0. The first-order valence-corrected chi connectivity index (χ1v) is 5.88. The molecule has 0 unspecified atom stereocenters. The van der Waals surface area contributed by atoms with Gasteiger partial charge in [0.25, 0.3) is 0 Å². The Hall–Kier alpha value is -0.980. The number of aryl methyl sites for hydroxylation is 2. The number of benzene rings is 1. The largest absolute Gasteiger partial charge is 0.507 e. The minimum Gasteiger partial charge on any atom is -0.507 e. The van der Waals surface area contributed by atoms with Gasteiger partial charge in [0.05, 0.1) is 0 Å². The minimum atomic E-state index is 0.394. The molecular formula is C14H22O. The first kappa shape index (κ1) is 12.1. The molecule has 1 N–H and O–H groups in total. The molecular weight excluding hydrogens is 184 g/mol. The molecule has 15 heavy (non-hydrogen) atoms. The van der Waals surface area contributed by atoms with Crippen LogP contribution in [0.1, 0.15) is 56.2 Å².